The molecule has 0 atom stereocenters. The van der Waals surface area contributed by atoms with E-state index in [0.29, 0.717) is 17.2 Å². The standard InChI is InChI=1S/C12H13N3O4/c1-18-11-7-9(13-14-5-3-4-6-14)10(15(16)17)8-12(11)19-2/h3-8,13H,1-2H3. The number of rotatable bonds is 5. The minimum atomic E-state index is -0.478. The number of hydrogen-bond acceptors (Lipinski definition) is 5. The fourth-order valence-electron chi connectivity index (χ4n) is 1.66. The van der Waals surface area contributed by atoms with Gasteiger partial charge in [-0.3, -0.25) is 20.2 Å². The summed E-state index contributed by atoms with van der Waals surface area (Å²) < 4.78 is 11.8. The maximum absolute atomic E-state index is 11.1. The van der Waals surface area contributed by atoms with Crippen molar-refractivity contribution in [2.45, 2.75) is 0 Å². The highest BCUT2D eigenvalue weighted by molar-refractivity contribution is 5.68. The predicted octanol–water partition coefficient (Wildman–Crippen LogP) is 2.29. The Labute approximate surface area is 109 Å². The van der Waals surface area contributed by atoms with Crippen LogP contribution in [0.1, 0.15) is 0 Å². The molecule has 0 fully saturated rings. The molecule has 0 radical (unpaired) electrons. The maximum Gasteiger partial charge on any atom is 0.298 e. The molecule has 0 spiro atoms. The molecule has 2 aromatic rings. The topological polar surface area (TPSA) is 78.6 Å². The number of nitrogens with one attached hydrogen (secondary N) is 1. The smallest absolute Gasteiger partial charge is 0.298 e. The summed E-state index contributed by atoms with van der Waals surface area (Å²) in [4.78, 5) is 10.6. The van der Waals surface area contributed by atoms with Crippen LogP contribution >= 0.6 is 0 Å². The Balaban J connectivity index is 2.47. The lowest BCUT2D eigenvalue weighted by atomic mass is 10.2. The lowest BCUT2D eigenvalue weighted by Crippen LogP contribution is -2.08. The van der Waals surface area contributed by atoms with Crippen LogP contribution in [0.15, 0.2) is 36.7 Å². The van der Waals surface area contributed by atoms with E-state index in [2.05, 4.69) is 5.43 Å². The van der Waals surface area contributed by atoms with Crippen molar-refractivity contribution < 1.29 is 14.4 Å². The summed E-state index contributed by atoms with van der Waals surface area (Å²) in [5.41, 5.74) is 3.13. The van der Waals surface area contributed by atoms with Gasteiger partial charge in [0.1, 0.15) is 5.69 Å². The molecule has 2 rings (SSSR count). The molecule has 1 N–H and O–H groups in total. The average Bonchev–Trinajstić information content (AvgIpc) is 2.90. The normalized spacial score (nSPS) is 10.0. The highest BCUT2D eigenvalue weighted by atomic mass is 16.6. The van der Waals surface area contributed by atoms with E-state index in [-0.39, 0.29) is 5.69 Å². The van der Waals surface area contributed by atoms with E-state index >= 15 is 0 Å². The second kappa shape index (κ2) is 5.30. The van der Waals surface area contributed by atoms with Crippen molar-refractivity contribution in [2.24, 2.45) is 0 Å². The van der Waals surface area contributed by atoms with Gasteiger partial charge in [0.25, 0.3) is 5.69 Å². The van der Waals surface area contributed by atoms with E-state index in [1.54, 1.807) is 29.2 Å². The van der Waals surface area contributed by atoms with Crippen molar-refractivity contribution in [2.75, 3.05) is 19.6 Å². The molecule has 7 nitrogen and oxygen atoms in total. The van der Waals surface area contributed by atoms with E-state index in [1.165, 1.54) is 26.4 Å². The Kier molecular flexibility index (Phi) is 3.56. The molecule has 0 unspecified atom stereocenters. The number of aromatic nitrogens is 1. The summed E-state index contributed by atoms with van der Waals surface area (Å²) in [6, 6.07) is 6.46. The van der Waals surface area contributed by atoms with Crippen LogP contribution in [0.2, 0.25) is 0 Å². The van der Waals surface area contributed by atoms with Crippen LogP contribution in [0.4, 0.5) is 11.4 Å². The Bertz CT molecular complexity index is 581. The lowest BCUT2D eigenvalue weighted by molar-refractivity contribution is -0.384. The third kappa shape index (κ3) is 2.59. The van der Waals surface area contributed by atoms with Gasteiger partial charge in [-0.05, 0) is 12.1 Å². The molecule has 7 heteroatoms. The number of hydrogen-bond donors (Lipinski definition) is 1. The van der Waals surface area contributed by atoms with Gasteiger partial charge >= 0.3 is 0 Å². The first-order valence-electron chi connectivity index (χ1n) is 5.46. The van der Waals surface area contributed by atoms with Gasteiger partial charge in [-0.2, -0.15) is 0 Å². The Morgan fingerprint density at radius 1 is 1.16 bits per heavy atom. The summed E-state index contributed by atoms with van der Waals surface area (Å²) in [5.74, 6) is 0.731. The number of anilines is 1. The number of ether oxygens (including phenoxy) is 2. The van der Waals surface area contributed by atoms with E-state index < -0.39 is 4.92 Å². The van der Waals surface area contributed by atoms with Crippen molar-refractivity contribution >= 4 is 11.4 Å². The Hall–Kier alpha value is -2.70. The molecule has 0 saturated carbocycles. The van der Waals surface area contributed by atoms with Crippen LogP contribution in [0.3, 0.4) is 0 Å². The van der Waals surface area contributed by atoms with Gasteiger partial charge in [-0.15, -0.1) is 0 Å². The predicted molar refractivity (Wildman–Crippen MR) is 69.7 cm³/mol. The summed E-state index contributed by atoms with van der Waals surface area (Å²) in [5, 5.41) is 11.1. The molecule has 1 aromatic carbocycles. The van der Waals surface area contributed by atoms with Gasteiger partial charge in [-0.25, -0.2) is 0 Å². The van der Waals surface area contributed by atoms with E-state index in [9.17, 15) is 10.1 Å². The molecule has 0 bridgehead atoms. The molecule has 100 valence electrons. The zero-order valence-corrected chi connectivity index (χ0v) is 10.5. The highest BCUT2D eigenvalue weighted by Gasteiger charge is 2.19. The summed E-state index contributed by atoms with van der Waals surface area (Å²) in [6.45, 7) is 0. The largest absolute Gasteiger partial charge is 0.493 e. The van der Waals surface area contributed by atoms with Gasteiger partial charge < -0.3 is 9.47 Å². The van der Waals surface area contributed by atoms with Crippen molar-refractivity contribution in [3.63, 3.8) is 0 Å². The number of benzene rings is 1. The molecule has 0 aliphatic heterocycles. The van der Waals surface area contributed by atoms with Gasteiger partial charge in [0, 0.05) is 18.5 Å². The average molecular weight is 263 g/mol. The van der Waals surface area contributed by atoms with Crippen LogP contribution in [0, 0.1) is 10.1 Å². The van der Waals surface area contributed by atoms with Gasteiger partial charge in [0.2, 0.25) is 0 Å². The van der Waals surface area contributed by atoms with Crippen LogP contribution < -0.4 is 14.9 Å². The minimum Gasteiger partial charge on any atom is -0.493 e. The van der Waals surface area contributed by atoms with E-state index in [4.69, 9.17) is 9.47 Å². The molecule has 19 heavy (non-hydrogen) atoms. The van der Waals surface area contributed by atoms with Gasteiger partial charge in [-0.1, -0.05) is 0 Å². The van der Waals surface area contributed by atoms with Crippen molar-refractivity contribution in [1.82, 2.24) is 4.68 Å². The zero-order chi connectivity index (χ0) is 13.8. The SMILES string of the molecule is COc1cc(Nn2cccc2)c([N+](=O)[O-])cc1OC. The number of nitro groups is 1. The quantitative estimate of drug-likeness (QED) is 0.661. The Morgan fingerprint density at radius 3 is 2.26 bits per heavy atom. The molecule has 1 aromatic heterocycles. The third-order valence-electron chi connectivity index (χ3n) is 2.55. The minimum absolute atomic E-state index is 0.0913. The molecule has 0 saturated heterocycles. The molecular formula is C12H13N3O4. The summed E-state index contributed by atoms with van der Waals surface area (Å²) in [6.07, 6.45) is 3.47. The fourth-order valence-corrected chi connectivity index (χ4v) is 1.66. The van der Waals surface area contributed by atoms with Crippen molar-refractivity contribution in [3.05, 3.63) is 46.8 Å². The van der Waals surface area contributed by atoms with E-state index in [0.717, 1.165) is 0 Å². The lowest BCUT2D eigenvalue weighted by Gasteiger charge is -2.12. The van der Waals surface area contributed by atoms with Crippen molar-refractivity contribution in [3.8, 4) is 11.5 Å². The van der Waals surface area contributed by atoms with Crippen LogP contribution in [0.5, 0.6) is 11.5 Å². The number of methoxy groups -OCH3 is 2. The van der Waals surface area contributed by atoms with Crippen molar-refractivity contribution in [1.29, 1.82) is 0 Å². The molecule has 0 amide bonds. The maximum atomic E-state index is 11.1. The summed E-state index contributed by atoms with van der Waals surface area (Å²) >= 11 is 0. The molecule has 0 aliphatic carbocycles. The van der Waals surface area contributed by atoms with Crippen LogP contribution in [-0.4, -0.2) is 23.8 Å². The van der Waals surface area contributed by atoms with Gasteiger partial charge in [0.15, 0.2) is 11.5 Å². The highest BCUT2D eigenvalue weighted by Crippen LogP contribution is 2.37. The first-order valence-corrected chi connectivity index (χ1v) is 5.46. The number of nitro benzene ring substituents is 1. The molecule has 1 heterocycles. The van der Waals surface area contributed by atoms with Crippen LogP contribution in [-0.2, 0) is 0 Å². The second-order valence-corrected chi connectivity index (χ2v) is 3.68. The first kappa shape index (κ1) is 12.7. The first-order chi connectivity index (χ1) is 9.15. The summed E-state index contributed by atoms with van der Waals surface area (Å²) in [7, 11) is 2.91. The molecule has 0 aliphatic rings. The zero-order valence-electron chi connectivity index (χ0n) is 10.5. The molecular weight excluding hydrogens is 250 g/mol. The fraction of sp³-hybridized carbons (Fsp3) is 0.167. The van der Waals surface area contributed by atoms with Gasteiger partial charge in [0.05, 0.1) is 25.2 Å². The second-order valence-electron chi connectivity index (χ2n) is 3.68. The third-order valence-corrected chi connectivity index (χ3v) is 2.55. The monoisotopic (exact) mass is 263 g/mol. The van der Waals surface area contributed by atoms with Crippen LogP contribution in [0.25, 0.3) is 0 Å². The Morgan fingerprint density at radius 2 is 1.74 bits per heavy atom. The van der Waals surface area contributed by atoms with E-state index in [1.807, 2.05) is 0 Å². The number of nitrogens with zero attached hydrogens (tertiary/aromatic N) is 2.